The molecule has 6 heteroatoms. The van der Waals surface area contributed by atoms with Crippen molar-refractivity contribution < 1.29 is 4.52 Å². The highest BCUT2D eigenvalue weighted by atomic mass is 16.5. The van der Waals surface area contributed by atoms with Gasteiger partial charge in [0, 0.05) is 24.9 Å². The molecule has 2 heterocycles. The molecule has 96 valence electrons. The lowest BCUT2D eigenvalue weighted by atomic mass is 10.1. The van der Waals surface area contributed by atoms with Crippen LogP contribution < -0.4 is 11.3 Å². The van der Waals surface area contributed by atoms with Crippen molar-refractivity contribution in [3.05, 3.63) is 34.5 Å². The van der Waals surface area contributed by atoms with Gasteiger partial charge < -0.3 is 14.8 Å². The fraction of sp³-hybridized carbons (Fsp3) is 0.417. The van der Waals surface area contributed by atoms with Gasteiger partial charge in [0.25, 0.3) is 11.4 Å². The monoisotopic (exact) mass is 248 g/mol. The third-order valence-corrected chi connectivity index (χ3v) is 2.81. The molecule has 0 radical (unpaired) electrons. The molecule has 0 aliphatic carbocycles. The number of hydrogen-bond donors (Lipinski definition) is 1. The van der Waals surface area contributed by atoms with Crippen molar-refractivity contribution in [1.82, 2.24) is 14.7 Å². The Labute approximate surface area is 104 Å². The van der Waals surface area contributed by atoms with E-state index in [9.17, 15) is 4.79 Å². The summed E-state index contributed by atoms with van der Waals surface area (Å²) in [7, 11) is 1.68. The van der Waals surface area contributed by atoms with E-state index in [1.807, 2.05) is 13.8 Å². The van der Waals surface area contributed by atoms with Crippen molar-refractivity contribution >= 4 is 0 Å². The lowest BCUT2D eigenvalue weighted by Gasteiger charge is -2.09. The van der Waals surface area contributed by atoms with Gasteiger partial charge in [0.05, 0.1) is 6.04 Å². The molecule has 2 aromatic heterocycles. The summed E-state index contributed by atoms with van der Waals surface area (Å²) >= 11 is 0. The zero-order chi connectivity index (χ0) is 13.3. The van der Waals surface area contributed by atoms with Gasteiger partial charge in [0.2, 0.25) is 0 Å². The molecule has 0 fully saturated rings. The second-order valence-corrected chi connectivity index (χ2v) is 4.59. The Morgan fingerprint density at radius 1 is 1.44 bits per heavy atom. The molecule has 6 nitrogen and oxygen atoms in total. The van der Waals surface area contributed by atoms with Gasteiger partial charge in [-0.2, -0.15) is 4.98 Å². The summed E-state index contributed by atoms with van der Waals surface area (Å²) in [6, 6.07) is 2.94. The maximum absolute atomic E-state index is 11.5. The highest BCUT2D eigenvalue weighted by molar-refractivity contribution is 5.51. The summed E-state index contributed by atoms with van der Waals surface area (Å²) in [6.45, 7) is 3.97. The standard InChI is InChI=1S/C12H16N4O2/c1-7(2)10(13)11-14-12(18-15-11)8-4-5-16(3)9(17)6-8/h4-7,10H,13H2,1-3H3. The average Bonchev–Trinajstić information content (AvgIpc) is 2.81. The van der Waals surface area contributed by atoms with E-state index in [0.717, 1.165) is 0 Å². The van der Waals surface area contributed by atoms with Crippen LogP contribution in [0.4, 0.5) is 0 Å². The van der Waals surface area contributed by atoms with Crippen molar-refractivity contribution in [2.75, 3.05) is 0 Å². The largest absolute Gasteiger partial charge is 0.334 e. The lowest BCUT2D eigenvalue weighted by Crippen LogP contribution is -2.18. The van der Waals surface area contributed by atoms with E-state index in [1.54, 1.807) is 19.3 Å². The van der Waals surface area contributed by atoms with Crippen LogP contribution in [0.25, 0.3) is 11.5 Å². The van der Waals surface area contributed by atoms with Crippen molar-refractivity contribution in [3.8, 4) is 11.5 Å². The lowest BCUT2D eigenvalue weighted by molar-refractivity contribution is 0.400. The first kappa shape index (κ1) is 12.5. The van der Waals surface area contributed by atoms with Crippen LogP contribution in [0.1, 0.15) is 25.7 Å². The molecule has 0 amide bonds. The van der Waals surface area contributed by atoms with Crippen molar-refractivity contribution in [2.45, 2.75) is 19.9 Å². The fourth-order valence-electron chi connectivity index (χ4n) is 1.47. The summed E-state index contributed by atoms with van der Waals surface area (Å²) in [5.41, 5.74) is 6.41. The summed E-state index contributed by atoms with van der Waals surface area (Å²) in [4.78, 5) is 15.7. The van der Waals surface area contributed by atoms with Crippen LogP contribution in [-0.4, -0.2) is 14.7 Å². The Balaban J connectivity index is 2.35. The Hall–Kier alpha value is -1.95. The summed E-state index contributed by atoms with van der Waals surface area (Å²) in [5, 5.41) is 3.85. The van der Waals surface area contributed by atoms with E-state index in [4.69, 9.17) is 10.3 Å². The summed E-state index contributed by atoms with van der Waals surface area (Å²) < 4.78 is 6.60. The third kappa shape index (κ3) is 2.33. The molecule has 2 N–H and O–H groups in total. The maximum Gasteiger partial charge on any atom is 0.258 e. The van der Waals surface area contributed by atoms with Crippen LogP contribution in [0.3, 0.4) is 0 Å². The van der Waals surface area contributed by atoms with Gasteiger partial charge in [-0.3, -0.25) is 4.79 Å². The number of aromatic nitrogens is 3. The van der Waals surface area contributed by atoms with Gasteiger partial charge >= 0.3 is 0 Å². The van der Waals surface area contributed by atoms with E-state index in [2.05, 4.69) is 10.1 Å². The topological polar surface area (TPSA) is 86.9 Å². The van der Waals surface area contributed by atoms with Crippen LogP contribution >= 0.6 is 0 Å². The van der Waals surface area contributed by atoms with Crippen LogP contribution in [0.15, 0.2) is 27.6 Å². The number of pyridine rings is 1. The highest BCUT2D eigenvalue weighted by Gasteiger charge is 2.18. The number of nitrogens with zero attached hydrogens (tertiary/aromatic N) is 3. The molecule has 1 unspecified atom stereocenters. The molecule has 0 saturated carbocycles. The Kier molecular flexibility index (Phi) is 3.29. The maximum atomic E-state index is 11.5. The smallest absolute Gasteiger partial charge is 0.258 e. The predicted octanol–water partition coefficient (Wildman–Crippen LogP) is 1.09. The van der Waals surface area contributed by atoms with E-state index >= 15 is 0 Å². The first-order chi connectivity index (χ1) is 8.49. The molecular formula is C12H16N4O2. The number of hydrogen-bond acceptors (Lipinski definition) is 5. The Morgan fingerprint density at radius 2 is 2.17 bits per heavy atom. The minimum absolute atomic E-state index is 0.125. The number of aryl methyl sites for hydroxylation is 1. The molecule has 0 bridgehead atoms. The second-order valence-electron chi connectivity index (χ2n) is 4.59. The summed E-state index contributed by atoms with van der Waals surface area (Å²) in [6.07, 6.45) is 1.66. The molecule has 2 aromatic rings. The Morgan fingerprint density at radius 3 is 2.78 bits per heavy atom. The van der Waals surface area contributed by atoms with Gasteiger partial charge in [-0.25, -0.2) is 0 Å². The van der Waals surface area contributed by atoms with Crippen LogP contribution in [0.2, 0.25) is 0 Å². The van der Waals surface area contributed by atoms with Gasteiger partial charge in [-0.15, -0.1) is 0 Å². The van der Waals surface area contributed by atoms with Crippen LogP contribution in [0.5, 0.6) is 0 Å². The normalized spacial score (nSPS) is 12.9. The van der Waals surface area contributed by atoms with Gasteiger partial charge in [-0.1, -0.05) is 19.0 Å². The van der Waals surface area contributed by atoms with Gasteiger partial charge in [0.1, 0.15) is 0 Å². The first-order valence-corrected chi connectivity index (χ1v) is 5.75. The zero-order valence-electron chi connectivity index (χ0n) is 10.6. The van der Waals surface area contributed by atoms with Crippen molar-refractivity contribution in [3.63, 3.8) is 0 Å². The van der Waals surface area contributed by atoms with Gasteiger partial charge in [-0.05, 0) is 12.0 Å². The quantitative estimate of drug-likeness (QED) is 0.878. The van der Waals surface area contributed by atoms with E-state index in [-0.39, 0.29) is 17.5 Å². The minimum atomic E-state index is -0.269. The SMILES string of the molecule is CC(C)C(N)c1noc(-c2ccn(C)c(=O)c2)n1. The molecule has 2 rings (SSSR count). The van der Waals surface area contributed by atoms with Crippen LogP contribution in [-0.2, 0) is 7.05 Å². The Bertz CT molecular complexity index is 600. The zero-order valence-corrected chi connectivity index (χ0v) is 10.6. The van der Waals surface area contributed by atoms with E-state index < -0.39 is 0 Å². The number of rotatable bonds is 3. The molecule has 0 aliphatic rings. The first-order valence-electron chi connectivity index (χ1n) is 5.75. The van der Waals surface area contributed by atoms with Crippen molar-refractivity contribution in [2.24, 2.45) is 18.7 Å². The minimum Gasteiger partial charge on any atom is -0.334 e. The highest BCUT2D eigenvalue weighted by Crippen LogP contribution is 2.20. The molecule has 1 atom stereocenters. The molecule has 0 aliphatic heterocycles. The van der Waals surface area contributed by atoms with Gasteiger partial charge in [0.15, 0.2) is 5.82 Å². The molecular weight excluding hydrogens is 232 g/mol. The van der Waals surface area contributed by atoms with E-state index in [0.29, 0.717) is 17.3 Å². The number of nitrogens with two attached hydrogens (primary N) is 1. The fourth-order valence-corrected chi connectivity index (χ4v) is 1.47. The average molecular weight is 248 g/mol. The predicted molar refractivity (Wildman–Crippen MR) is 66.7 cm³/mol. The molecule has 0 aromatic carbocycles. The second kappa shape index (κ2) is 4.73. The molecule has 0 spiro atoms. The van der Waals surface area contributed by atoms with Crippen molar-refractivity contribution in [1.29, 1.82) is 0 Å². The third-order valence-electron chi connectivity index (χ3n) is 2.81. The molecule has 18 heavy (non-hydrogen) atoms. The summed E-state index contributed by atoms with van der Waals surface area (Å²) in [5.74, 6) is 0.999. The molecule has 0 saturated heterocycles. The van der Waals surface area contributed by atoms with E-state index in [1.165, 1.54) is 10.6 Å². The van der Waals surface area contributed by atoms with Crippen LogP contribution in [0, 0.1) is 5.92 Å².